The number of aromatic amines is 1. The van der Waals surface area contributed by atoms with Gasteiger partial charge in [0.2, 0.25) is 0 Å². The molecule has 1 N–H and O–H groups in total. The first-order valence-electron chi connectivity index (χ1n) is 5.95. The standard InChI is InChI=1S/C14H15ClN2O2/c1-8-4-5-9(2)11(6-8)7-17-12(15)10(3)13(18)16-14(17)19/h4-6H,7H2,1-3H3,(H,16,18,19). The zero-order valence-electron chi connectivity index (χ0n) is 11.1. The molecule has 19 heavy (non-hydrogen) atoms. The molecule has 5 heteroatoms. The molecule has 4 nitrogen and oxygen atoms in total. The van der Waals surface area contributed by atoms with Crippen molar-refractivity contribution in [3.63, 3.8) is 0 Å². The molecule has 0 bridgehead atoms. The summed E-state index contributed by atoms with van der Waals surface area (Å²) in [6.07, 6.45) is 0. The number of nitrogens with one attached hydrogen (secondary N) is 1. The van der Waals surface area contributed by atoms with Crippen LogP contribution in [0.3, 0.4) is 0 Å². The molecule has 0 radical (unpaired) electrons. The number of halogens is 1. The van der Waals surface area contributed by atoms with Crippen molar-refractivity contribution < 1.29 is 0 Å². The van der Waals surface area contributed by atoms with Gasteiger partial charge in [-0.1, -0.05) is 35.4 Å². The Kier molecular flexibility index (Phi) is 3.62. The van der Waals surface area contributed by atoms with Crippen LogP contribution in [-0.4, -0.2) is 9.55 Å². The van der Waals surface area contributed by atoms with Crippen molar-refractivity contribution in [3.05, 3.63) is 66.4 Å². The first-order chi connectivity index (χ1) is 8.90. The number of hydrogen-bond donors (Lipinski definition) is 1. The molecule has 0 aliphatic carbocycles. The van der Waals surface area contributed by atoms with Crippen molar-refractivity contribution in [1.29, 1.82) is 0 Å². The fourth-order valence-electron chi connectivity index (χ4n) is 1.93. The average molecular weight is 279 g/mol. The van der Waals surface area contributed by atoms with E-state index >= 15 is 0 Å². The zero-order chi connectivity index (χ0) is 14.2. The van der Waals surface area contributed by atoms with Gasteiger partial charge in [0.25, 0.3) is 5.56 Å². The molecule has 0 amide bonds. The Morgan fingerprint density at radius 1 is 1.21 bits per heavy atom. The van der Waals surface area contributed by atoms with Crippen molar-refractivity contribution in [2.24, 2.45) is 0 Å². The normalized spacial score (nSPS) is 10.7. The topological polar surface area (TPSA) is 54.9 Å². The van der Waals surface area contributed by atoms with Crippen LogP contribution in [0.2, 0.25) is 5.15 Å². The fourth-order valence-corrected chi connectivity index (χ4v) is 2.15. The highest BCUT2D eigenvalue weighted by Crippen LogP contribution is 2.15. The van der Waals surface area contributed by atoms with E-state index in [9.17, 15) is 9.59 Å². The number of aromatic nitrogens is 2. The van der Waals surface area contributed by atoms with Crippen LogP contribution < -0.4 is 11.2 Å². The van der Waals surface area contributed by atoms with Crippen LogP contribution in [0, 0.1) is 20.8 Å². The van der Waals surface area contributed by atoms with Gasteiger partial charge >= 0.3 is 5.69 Å². The molecular formula is C14H15ClN2O2. The van der Waals surface area contributed by atoms with Crippen molar-refractivity contribution >= 4 is 11.6 Å². The van der Waals surface area contributed by atoms with Gasteiger partial charge < -0.3 is 0 Å². The predicted octanol–water partition coefficient (Wildman–Crippen LogP) is 2.16. The van der Waals surface area contributed by atoms with Crippen LogP contribution in [-0.2, 0) is 6.54 Å². The lowest BCUT2D eigenvalue weighted by Gasteiger charge is -2.12. The summed E-state index contributed by atoms with van der Waals surface area (Å²) < 4.78 is 1.38. The highest BCUT2D eigenvalue weighted by atomic mass is 35.5. The molecule has 1 aromatic heterocycles. The van der Waals surface area contributed by atoms with Gasteiger partial charge in [0.15, 0.2) is 0 Å². The van der Waals surface area contributed by atoms with E-state index in [1.54, 1.807) is 6.92 Å². The van der Waals surface area contributed by atoms with Crippen LogP contribution in [0.5, 0.6) is 0 Å². The lowest BCUT2D eigenvalue weighted by molar-refractivity contribution is 0.711. The molecule has 0 spiro atoms. The SMILES string of the molecule is Cc1ccc(C)c(Cn2c(Cl)c(C)c(=O)[nH]c2=O)c1. The van der Waals surface area contributed by atoms with Crippen LogP contribution in [0.1, 0.15) is 22.3 Å². The number of hydrogen-bond acceptors (Lipinski definition) is 2. The second-order valence-electron chi connectivity index (χ2n) is 4.69. The van der Waals surface area contributed by atoms with Gasteiger partial charge in [-0.3, -0.25) is 14.3 Å². The van der Waals surface area contributed by atoms with Gasteiger partial charge in [-0.05, 0) is 31.9 Å². The predicted molar refractivity (Wildman–Crippen MR) is 76.1 cm³/mol. The van der Waals surface area contributed by atoms with E-state index in [2.05, 4.69) is 4.98 Å². The van der Waals surface area contributed by atoms with Gasteiger partial charge in [0.05, 0.1) is 6.54 Å². The maximum Gasteiger partial charge on any atom is 0.329 e. The molecule has 0 atom stereocenters. The quantitative estimate of drug-likeness (QED) is 0.856. The number of H-pyrrole nitrogens is 1. The Balaban J connectivity index is 2.56. The minimum Gasteiger partial charge on any atom is -0.279 e. The third-order valence-corrected chi connectivity index (χ3v) is 3.67. The highest BCUT2D eigenvalue weighted by Gasteiger charge is 2.10. The van der Waals surface area contributed by atoms with Gasteiger partial charge in [-0.25, -0.2) is 4.79 Å². The van der Waals surface area contributed by atoms with Crippen molar-refractivity contribution in [3.8, 4) is 0 Å². The molecule has 0 aliphatic heterocycles. The number of benzene rings is 1. The summed E-state index contributed by atoms with van der Waals surface area (Å²) in [7, 11) is 0. The van der Waals surface area contributed by atoms with E-state index in [1.165, 1.54) is 4.57 Å². The van der Waals surface area contributed by atoms with E-state index in [4.69, 9.17) is 11.6 Å². The van der Waals surface area contributed by atoms with Crippen LogP contribution in [0.15, 0.2) is 27.8 Å². The van der Waals surface area contributed by atoms with Crippen molar-refractivity contribution in [2.45, 2.75) is 27.3 Å². The molecule has 0 saturated heterocycles. The monoisotopic (exact) mass is 278 g/mol. The summed E-state index contributed by atoms with van der Waals surface area (Å²) in [4.78, 5) is 25.5. The summed E-state index contributed by atoms with van der Waals surface area (Å²) in [5.74, 6) is 0. The van der Waals surface area contributed by atoms with E-state index < -0.39 is 11.2 Å². The molecule has 2 aromatic rings. The van der Waals surface area contributed by atoms with Crippen molar-refractivity contribution in [1.82, 2.24) is 9.55 Å². The molecule has 0 aliphatic rings. The molecule has 1 heterocycles. The molecular weight excluding hydrogens is 264 g/mol. The second-order valence-corrected chi connectivity index (χ2v) is 5.05. The van der Waals surface area contributed by atoms with E-state index in [-0.39, 0.29) is 5.15 Å². The van der Waals surface area contributed by atoms with Gasteiger partial charge in [0.1, 0.15) is 5.15 Å². The lowest BCUT2D eigenvalue weighted by atomic mass is 10.1. The van der Waals surface area contributed by atoms with E-state index in [0.29, 0.717) is 12.1 Å². The first kappa shape index (κ1) is 13.6. The average Bonchev–Trinajstić information content (AvgIpc) is 2.36. The molecule has 1 aromatic carbocycles. The minimum atomic E-state index is -0.485. The molecule has 0 saturated carbocycles. The Morgan fingerprint density at radius 2 is 1.89 bits per heavy atom. The Labute approximate surface area is 115 Å². The van der Waals surface area contributed by atoms with E-state index in [1.807, 2.05) is 32.0 Å². The summed E-state index contributed by atoms with van der Waals surface area (Å²) in [5.41, 5.74) is 2.64. The number of rotatable bonds is 2. The van der Waals surface area contributed by atoms with Gasteiger partial charge in [0, 0.05) is 5.56 Å². The Morgan fingerprint density at radius 3 is 2.58 bits per heavy atom. The third kappa shape index (κ3) is 2.63. The lowest BCUT2D eigenvalue weighted by Crippen LogP contribution is -2.32. The fraction of sp³-hybridized carbons (Fsp3) is 0.286. The number of nitrogens with zero attached hydrogens (tertiary/aromatic N) is 1. The molecule has 0 unspecified atom stereocenters. The second kappa shape index (κ2) is 5.05. The summed E-state index contributed by atoms with van der Waals surface area (Å²) in [6.45, 7) is 5.92. The maximum atomic E-state index is 11.8. The highest BCUT2D eigenvalue weighted by molar-refractivity contribution is 6.30. The number of aryl methyl sites for hydroxylation is 2. The van der Waals surface area contributed by atoms with E-state index in [0.717, 1.165) is 16.7 Å². The largest absolute Gasteiger partial charge is 0.329 e. The third-order valence-electron chi connectivity index (χ3n) is 3.19. The van der Waals surface area contributed by atoms with Gasteiger partial charge in [-0.2, -0.15) is 0 Å². The maximum absolute atomic E-state index is 11.8. The summed E-state index contributed by atoms with van der Waals surface area (Å²) in [5, 5.41) is 0.189. The zero-order valence-corrected chi connectivity index (χ0v) is 11.8. The van der Waals surface area contributed by atoms with Crippen LogP contribution in [0.4, 0.5) is 0 Å². The summed E-state index contributed by atoms with van der Waals surface area (Å²) >= 11 is 6.09. The molecule has 0 fully saturated rings. The minimum absolute atomic E-state index is 0.189. The first-order valence-corrected chi connectivity index (χ1v) is 6.33. The Hall–Kier alpha value is -1.81. The van der Waals surface area contributed by atoms with Gasteiger partial charge in [-0.15, -0.1) is 0 Å². The van der Waals surface area contributed by atoms with Crippen LogP contribution >= 0.6 is 11.6 Å². The molecule has 100 valence electrons. The van der Waals surface area contributed by atoms with Crippen molar-refractivity contribution in [2.75, 3.05) is 0 Å². The summed E-state index contributed by atoms with van der Waals surface area (Å²) in [6, 6.07) is 6.03. The van der Waals surface area contributed by atoms with Crippen LogP contribution in [0.25, 0.3) is 0 Å². The molecule has 2 rings (SSSR count). The smallest absolute Gasteiger partial charge is 0.279 e. The Bertz CT molecular complexity index is 744.